The molecule has 0 heterocycles. The van der Waals surface area contributed by atoms with E-state index in [1.165, 1.54) is 0 Å². The van der Waals surface area contributed by atoms with Crippen molar-refractivity contribution in [3.05, 3.63) is 0 Å². The highest BCUT2D eigenvalue weighted by Gasteiger charge is 1.78. The molecule has 0 aliphatic heterocycles. The van der Waals surface area contributed by atoms with Crippen LogP contribution in [-0.2, 0) is 9.63 Å². The lowest BCUT2D eigenvalue weighted by Crippen LogP contribution is -1.90. The molecule has 0 rings (SSSR count). The third-order valence-corrected chi connectivity index (χ3v) is 0.371. The molecule has 0 aromatic heterocycles. The first-order valence-electron chi connectivity index (χ1n) is 2.25. The van der Waals surface area contributed by atoms with E-state index in [0.717, 1.165) is 5.71 Å². The number of carbonyl (C=O) groups excluding carboxylic acids is 1. The molecule has 0 unspecified atom stereocenters. The predicted octanol–water partition coefficient (Wildman–Crippen LogP) is 0.509. The molecule has 45 valence electrons. The summed E-state index contributed by atoms with van der Waals surface area (Å²) in [5.74, 6) is 0. The van der Waals surface area contributed by atoms with Crippen molar-refractivity contribution in [1.82, 2.24) is 0 Å². The van der Waals surface area contributed by atoms with Crippen molar-refractivity contribution < 1.29 is 9.63 Å². The largest absolute Gasteiger partial charge is 0.387 e. The number of nitrogens with zero attached hydrogens (tertiary/aromatic N) is 1. The summed E-state index contributed by atoms with van der Waals surface area (Å²) in [6, 6.07) is 0. The third kappa shape index (κ3) is 5.14. The zero-order chi connectivity index (χ0) is 6.41. The van der Waals surface area contributed by atoms with E-state index in [9.17, 15) is 4.79 Å². The van der Waals surface area contributed by atoms with Gasteiger partial charge in [-0.2, -0.15) is 0 Å². The Kier molecular flexibility index (Phi) is 3.84. The molecular weight excluding hydrogens is 106 g/mol. The smallest absolute Gasteiger partial charge is 0.242 e. The van der Waals surface area contributed by atoms with Gasteiger partial charge in [0.05, 0.1) is 5.71 Å². The molecule has 0 saturated heterocycles. The molecule has 0 aliphatic carbocycles. The lowest BCUT2D eigenvalue weighted by atomic mass is 10.5. The molecule has 0 aliphatic rings. The van der Waals surface area contributed by atoms with Crippen LogP contribution in [0, 0.1) is 0 Å². The van der Waals surface area contributed by atoms with E-state index in [4.69, 9.17) is 0 Å². The second-order valence-electron chi connectivity index (χ2n) is 1.46. The van der Waals surface area contributed by atoms with E-state index >= 15 is 0 Å². The van der Waals surface area contributed by atoms with Gasteiger partial charge in [0.25, 0.3) is 0 Å². The molecule has 0 saturated carbocycles. The van der Waals surface area contributed by atoms with Crippen LogP contribution in [0.5, 0.6) is 0 Å². The second kappa shape index (κ2) is 4.30. The van der Waals surface area contributed by atoms with Gasteiger partial charge in [-0.1, -0.05) is 5.16 Å². The van der Waals surface area contributed by atoms with Gasteiger partial charge in [0.1, 0.15) is 0 Å². The monoisotopic (exact) mass is 114 g/mol. The Labute approximate surface area is 48.3 Å². The van der Waals surface area contributed by atoms with Crippen LogP contribution >= 0.6 is 0 Å². The van der Waals surface area contributed by atoms with Gasteiger partial charge in [-0.05, 0) is 13.8 Å². The van der Waals surface area contributed by atoms with Crippen molar-refractivity contribution in [2.75, 3.05) is 6.61 Å². The Morgan fingerprint density at radius 3 is 2.75 bits per heavy atom. The van der Waals surface area contributed by atoms with Crippen LogP contribution in [-0.4, -0.2) is 18.6 Å². The highest BCUT2D eigenvalue weighted by molar-refractivity contribution is 5.78. The molecule has 0 amide bonds. The fraction of sp³-hybridized carbons (Fsp3) is 0.600. The average molecular weight is 114 g/mol. The minimum absolute atomic E-state index is 0.0782. The van der Waals surface area contributed by atoms with Crippen LogP contribution in [0.4, 0.5) is 0 Å². The maximum absolute atomic E-state index is 9.47. The molecular formula is C5H8NO2. The molecule has 0 bridgehead atoms. The van der Waals surface area contributed by atoms with Crippen molar-refractivity contribution in [1.29, 1.82) is 0 Å². The Balaban J connectivity index is 3.15. The summed E-state index contributed by atoms with van der Waals surface area (Å²) in [7, 11) is 0. The number of hydrogen-bond acceptors (Lipinski definition) is 3. The lowest BCUT2D eigenvalue weighted by molar-refractivity contribution is 0.181. The fourth-order valence-electron chi connectivity index (χ4n) is 0.188. The van der Waals surface area contributed by atoms with E-state index < -0.39 is 0 Å². The molecule has 0 fully saturated rings. The van der Waals surface area contributed by atoms with E-state index in [-0.39, 0.29) is 6.61 Å². The first-order chi connectivity index (χ1) is 3.77. The first-order valence-corrected chi connectivity index (χ1v) is 2.25. The lowest BCUT2D eigenvalue weighted by Gasteiger charge is -1.88. The summed E-state index contributed by atoms with van der Waals surface area (Å²) in [4.78, 5) is 13.9. The molecule has 0 N–H and O–H groups in total. The maximum Gasteiger partial charge on any atom is 0.242 e. The molecule has 1 radical (unpaired) electrons. The van der Waals surface area contributed by atoms with Gasteiger partial charge in [0, 0.05) is 0 Å². The Morgan fingerprint density at radius 2 is 2.38 bits per heavy atom. The average Bonchev–Trinajstić information content (AvgIpc) is 1.66. The van der Waals surface area contributed by atoms with Gasteiger partial charge in [0.15, 0.2) is 6.61 Å². The SMILES string of the molecule is CC(C)=NOC[C]=O. The van der Waals surface area contributed by atoms with Crippen molar-refractivity contribution in [2.24, 2.45) is 5.16 Å². The maximum atomic E-state index is 9.47. The van der Waals surface area contributed by atoms with Crippen molar-refractivity contribution in [3.63, 3.8) is 0 Å². The minimum atomic E-state index is -0.0782. The number of hydrogen-bond donors (Lipinski definition) is 0. The summed E-state index contributed by atoms with van der Waals surface area (Å²) in [6.45, 7) is 3.49. The van der Waals surface area contributed by atoms with Crippen LogP contribution in [0.25, 0.3) is 0 Å². The zero-order valence-electron chi connectivity index (χ0n) is 4.97. The summed E-state index contributed by atoms with van der Waals surface area (Å²) in [6.07, 6.45) is 1.54. The van der Waals surface area contributed by atoms with Gasteiger partial charge in [0.2, 0.25) is 6.29 Å². The second-order valence-corrected chi connectivity index (χ2v) is 1.46. The van der Waals surface area contributed by atoms with Crippen molar-refractivity contribution in [3.8, 4) is 0 Å². The highest BCUT2D eigenvalue weighted by Crippen LogP contribution is 1.75. The van der Waals surface area contributed by atoms with Crippen LogP contribution < -0.4 is 0 Å². The van der Waals surface area contributed by atoms with Gasteiger partial charge in [-0.15, -0.1) is 0 Å². The zero-order valence-corrected chi connectivity index (χ0v) is 4.97. The van der Waals surface area contributed by atoms with Crippen LogP contribution in [0.3, 0.4) is 0 Å². The summed E-state index contributed by atoms with van der Waals surface area (Å²) in [5, 5.41) is 3.47. The van der Waals surface area contributed by atoms with E-state index in [2.05, 4.69) is 9.99 Å². The standard InChI is InChI=1S/C5H8NO2/c1-5(2)6-8-4-3-7/h4H2,1-2H3. The predicted molar refractivity (Wildman–Crippen MR) is 30.4 cm³/mol. The van der Waals surface area contributed by atoms with E-state index in [0.29, 0.717) is 0 Å². The van der Waals surface area contributed by atoms with Gasteiger partial charge in [-0.3, -0.25) is 4.79 Å². The molecule has 3 heteroatoms. The summed E-state index contributed by atoms with van der Waals surface area (Å²) in [5.41, 5.74) is 0.792. The van der Waals surface area contributed by atoms with Gasteiger partial charge < -0.3 is 4.84 Å². The molecule has 3 nitrogen and oxygen atoms in total. The Bertz CT molecular complexity index is 94.6. The minimum Gasteiger partial charge on any atom is -0.387 e. The summed E-state index contributed by atoms with van der Waals surface area (Å²) < 4.78 is 0. The molecule has 0 aromatic rings. The quantitative estimate of drug-likeness (QED) is 0.304. The first kappa shape index (κ1) is 7.14. The van der Waals surface area contributed by atoms with E-state index in [1.54, 1.807) is 20.1 Å². The normalized spacial score (nSPS) is 7.75. The van der Waals surface area contributed by atoms with Gasteiger partial charge in [-0.25, -0.2) is 0 Å². The van der Waals surface area contributed by atoms with E-state index in [1.807, 2.05) is 0 Å². The molecule has 0 aromatic carbocycles. The topological polar surface area (TPSA) is 38.7 Å². The third-order valence-electron chi connectivity index (χ3n) is 0.371. The molecule has 8 heavy (non-hydrogen) atoms. The van der Waals surface area contributed by atoms with Crippen LogP contribution in [0.15, 0.2) is 5.16 Å². The fourth-order valence-corrected chi connectivity index (χ4v) is 0.188. The van der Waals surface area contributed by atoms with Crippen LogP contribution in [0.1, 0.15) is 13.8 Å². The van der Waals surface area contributed by atoms with Crippen LogP contribution in [0.2, 0.25) is 0 Å². The van der Waals surface area contributed by atoms with Crippen molar-refractivity contribution >= 4 is 12.0 Å². The summed E-state index contributed by atoms with van der Waals surface area (Å²) >= 11 is 0. The Morgan fingerprint density at radius 1 is 1.75 bits per heavy atom. The molecule has 0 spiro atoms. The van der Waals surface area contributed by atoms with Crippen molar-refractivity contribution in [2.45, 2.75) is 13.8 Å². The number of oxime groups is 1. The highest BCUT2D eigenvalue weighted by atomic mass is 16.6. The van der Waals surface area contributed by atoms with Gasteiger partial charge >= 0.3 is 0 Å². The molecule has 0 atom stereocenters. The number of rotatable bonds is 3. The Hall–Kier alpha value is -0.860.